The lowest BCUT2D eigenvalue weighted by Crippen LogP contribution is -2.48. The van der Waals surface area contributed by atoms with Gasteiger partial charge in [-0.2, -0.15) is 0 Å². The highest BCUT2D eigenvalue weighted by molar-refractivity contribution is 7.90. The van der Waals surface area contributed by atoms with Crippen molar-refractivity contribution in [1.82, 2.24) is 5.32 Å². The Hall–Kier alpha value is -2.32. The Kier molecular flexibility index (Phi) is 5.57. The van der Waals surface area contributed by atoms with E-state index >= 15 is 0 Å². The van der Waals surface area contributed by atoms with Crippen molar-refractivity contribution in [3.05, 3.63) is 59.7 Å². The molecule has 1 fully saturated rings. The van der Waals surface area contributed by atoms with Crippen molar-refractivity contribution < 1.29 is 22.0 Å². The first kappa shape index (κ1) is 19.4. The SMILES string of the molecule is CC(C(=O)Nc1cccc(CS(=O)(=O)c2ccc(F)cc2F)c1)C1CNC1. The van der Waals surface area contributed by atoms with Crippen LogP contribution in [0.15, 0.2) is 47.4 Å². The van der Waals surface area contributed by atoms with Gasteiger partial charge in [0.25, 0.3) is 0 Å². The van der Waals surface area contributed by atoms with E-state index in [0.717, 1.165) is 25.2 Å². The zero-order valence-corrected chi connectivity index (χ0v) is 15.5. The molecule has 1 saturated heterocycles. The van der Waals surface area contributed by atoms with Crippen LogP contribution >= 0.6 is 0 Å². The van der Waals surface area contributed by atoms with E-state index in [1.54, 1.807) is 24.3 Å². The molecule has 1 unspecified atom stereocenters. The number of hydrogen-bond donors (Lipinski definition) is 2. The molecule has 0 aliphatic carbocycles. The molecule has 1 atom stereocenters. The van der Waals surface area contributed by atoms with Crippen molar-refractivity contribution in [2.24, 2.45) is 11.8 Å². The van der Waals surface area contributed by atoms with Gasteiger partial charge in [0.15, 0.2) is 9.84 Å². The van der Waals surface area contributed by atoms with E-state index in [-0.39, 0.29) is 17.7 Å². The molecular weight excluding hydrogens is 374 g/mol. The summed E-state index contributed by atoms with van der Waals surface area (Å²) in [6.45, 7) is 3.46. The number of anilines is 1. The summed E-state index contributed by atoms with van der Waals surface area (Å²) in [5.41, 5.74) is 0.876. The van der Waals surface area contributed by atoms with Crippen LogP contribution in [-0.2, 0) is 20.4 Å². The molecule has 1 aliphatic heterocycles. The predicted octanol–water partition coefficient (Wildman–Crippen LogP) is 2.73. The molecule has 0 aromatic heterocycles. The van der Waals surface area contributed by atoms with E-state index in [4.69, 9.17) is 0 Å². The van der Waals surface area contributed by atoms with Crippen LogP contribution in [0.4, 0.5) is 14.5 Å². The van der Waals surface area contributed by atoms with Crippen LogP contribution in [0.1, 0.15) is 12.5 Å². The Labute approximate surface area is 156 Å². The monoisotopic (exact) mass is 394 g/mol. The molecule has 1 heterocycles. The minimum Gasteiger partial charge on any atom is -0.326 e. The van der Waals surface area contributed by atoms with Crippen molar-refractivity contribution in [3.8, 4) is 0 Å². The standard InChI is InChI=1S/C19H20F2N2O3S/c1-12(14-9-22-10-14)19(24)23-16-4-2-3-13(7-16)11-27(25,26)18-6-5-15(20)8-17(18)21/h2-8,12,14,22H,9-11H2,1H3,(H,23,24). The van der Waals surface area contributed by atoms with Gasteiger partial charge in [0, 0.05) is 17.7 Å². The smallest absolute Gasteiger partial charge is 0.227 e. The summed E-state index contributed by atoms with van der Waals surface area (Å²) in [5.74, 6) is -2.43. The third kappa shape index (κ3) is 4.51. The van der Waals surface area contributed by atoms with Crippen LogP contribution in [0.5, 0.6) is 0 Å². The number of rotatable bonds is 6. The van der Waals surface area contributed by atoms with Gasteiger partial charge in [0.2, 0.25) is 5.91 Å². The van der Waals surface area contributed by atoms with Gasteiger partial charge in [-0.15, -0.1) is 0 Å². The summed E-state index contributed by atoms with van der Waals surface area (Å²) in [4.78, 5) is 11.7. The van der Waals surface area contributed by atoms with Gasteiger partial charge in [-0.05, 0) is 48.8 Å². The Morgan fingerprint density at radius 3 is 2.59 bits per heavy atom. The first-order valence-electron chi connectivity index (χ1n) is 8.54. The molecule has 144 valence electrons. The van der Waals surface area contributed by atoms with Gasteiger partial charge in [0.05, 0.1) is 5.75 Å². The van der Waals surface area contributed by atoms with E-state index in [1.807, 2.05) is 6.92 Å². The summed E-state index contributed by atoms with van der Waals surface area (Å²) in [6, 6.07) is 8.77. The third-order valence-electron chi connectivity index (χ3n) is 4.71. The van der Waals surface area contributed by atoms with Crippen molar-refractivity contribution in [3.63, 3.8) is 0 Å². The summed E-state index contributed by atoms with van der Waals surface area (Å²) < 4.78 is 51.7. The average Bonchev–Trinajstić information content (AvgIpc) is 2.52. The van der Waals surface area contributed by atoms with Crippen LogP contribution in [0.3, 0.4) is 0 Å². The highest BCUT2D eigenvalue weighted by atomic mass is 32.2. The zero-order valence-electron chi connectivity index (χ0n) is 14.7. The maximum absolute atomic E-state index is 13.8. The number of nitrogens with one attached hydrogen (secondary N) is 2. The Morgan fingerprint density at radius 2 is 1.96 bits per heavy atom. The molecule has 1 amide bonds. The molecule has 0 saturated carbocycles. The van der Waals surface area contributed by atoms with Crippen LogP contribution < -0.4 is 10.6 Å². The molecular formula is C19H20F2N2O3S. The molecule has 2 aromatic rings. The lowest BCUT2D eigenvalue weighted by atomic mass is 9.88. The Bertz CT molecular complexity index is 959. The van der Waals surface area contributed by atoms with Crippen LogP contribution in [-0.4, -0.2) is 27.4 Å². The van der Waals surface area contributed by atoms with Crippen LogP contribution in [0.25, 0.3) is 0 Å². The largest absolute Gasteiger partial charge is 0.326 e. The highest BCUT2D eigenvalue weighted by Crippen LogP contribution is 2.23. The minimum atomic E-state index is -3.99. The second kappa shape index (κ2) is 7.74. The number of carbonyl (C=O) groups excluding carboxylic acids is 1. The summed E-state index contributed by atoms with van der Waals surface area (Å²) >= 11 is 0. The zero-order chi connectivity index (χ0) is 19.6. The molecule has 5 nitrogen and oxygen atoms in total. The van der Waals surface area contributed by atoms with Gasteiger partial charge in [-0.3, -0.25) is 4.79 Å². The summed E-state index contributed by atoms with van der Waals surface area (Å²) in [5, 5.41) is 5.91. The molecule has 2 aromatic carbocycles. The Morgan fingerprint density at radius 1 is 1.22 bits per heavy atom. The number of halogens is 2. The van der Waals surface area contributed by atoms with E-state index in [2.05, 4.69) is 10.6 Å². The lowest BCUT2D eigenvalue weighted by Gasteiger charge is -2.31. The third-order valence-corrected chi connectivity index (χ3v) is 6.43. The quantitative estimate of drug-likeness (QED) is 0.739. The Balaban J connectivity index is 1.74. The molecule has 27 heavy (non-hydrogen) atoms. The average molecular weight is 394 g/mol. The van der Waals surface area contributed by atoms with Crippen molar-refractivity contribution in [2.45, 2.75) is 17.6 Å². The van der Waals surface area contributed by atoms with Crippen molar-refractivity contribution >= 4 is 21.4 Å². The summed E-state index contributed by atoms with van der Waals surface area (Å²) in [7, 11) is -3.99. The number of benzene rings is 2. The van der Waals surface area contributed by atoms with Crippen LogP contribution in [0, 0.1) is 23.5 Å². The minimum absolute atomic E-state index is 0.133. The number of amides is 1. The molecule has 2 N–H and O–H groups in total. The van der Waals surface area contributed by atoms with Crippen LogP contribution in [0.2, 0.25) is 0 Å². The van der Waals surface area contributed by atoms with Gasteiger partial charge >= 0.3 is 0 Å². The van der Waals surface area contributed by atoms with Gasteiger partial charge < -0.3 is 10.6 Å². The summed E-state index contributed by atoms with van der Waals surface area (Å²) in [6.07, 6.45) is 0. The fraction of sp³-hybridized carbons (Fsp3) is 0.316. The lowest BCUT2D eigenvalue weighted by molar-refractivity contribution is -0.121. The predicted molar refractivity (Wildman–Crippen MR) is 97.8 cm³/mol. The van der Waals surface area contributed by atoms with E-state index in [0.29, 0.717) is 17.3 Å². The molecule has 3 rings (SSSR count). The second-order valence-electron chi connectivity index (χ2n) is 6.73. The fourth-order valence-corrected chi connectivity index (χ4v) is 4.30. The normalized spacial score (nSPS) is 15.8. The number of hydrogen-bond acceptors (Lipinski definition) is 4. The maximum atomic E-state index is 13.8. The van der Waals surface area contributed by atoms with Gasteiger partial charge in [-0.25, -0.2) is 17.2 Å². The first-order valence-corrected chi connectivity index (χ1v) is 10.2. The molecule has 1 aliphatic rings. The van der Waals surface area contributed by atoms with Crippen molar-refractivity contribution in [2.75, 3.05) is 18.4 Å². The molecule has 0 radical (unpaired) electrons. The van der Waals surface area contributed by atoms with E-state index in [1.165, 1.54) is 0 Å². The van der Waals surface area contributed by atoms with E-state index in [9.17, 15) is 22.0 Å². The number of sulfone groups is 1. The van der Waals surface area contributed by atoms with Gasteiger partial charge in [0.1, 0.15) is 16.5 Å². The fourth-order valence-electron chi connectivity index (χ4n) is 2.90. The number of carbonyl (C=O) groups is 1. The van der Waals surface area contributed by atoms with Crippen molar-refractivity contribution in [1.29, 1.82) is 0 Å². The molecule has 0 spiro atoms. The van der Waals surface area contributed by atoms with Gasteiger partial charge in [-0.1, -0.05) is 19.1 Å². The maximum Gasteiger partial charge on any atom is 0.227 e. The second-order valence-corrected chi connectivity index (χ2v) is 8.69. The highest BCUT2D eigenvalue weighted by Gasteiger charge is 2.28. The molecule has 0 bridgehead atoms. The topological polar surface area (TPSA) is 75.3 Å². The van der Waals surface area contributed by atoms with E-state index < -0.39 is 32.1 Å². The first-order chi connectivity index (χ1) is 12.8. The molecule has 8 heteroatoms.